The summed E-state index contributed by atoms with van der Waals surface area (Å²) in [6.07, 6.45) is -4.57. The monoisotopic (exact) mass is 409 g/mol. The summed E-state index contributed by atoms with van der Waals surface area (Å²) in [7, 11) is 0. The SMILES string of the molecule is N#C/C(=C(/O)CSc1ccc(Cl)c(C(F)(F)F)c1)c1nc2ccccc2[nH]1. The van der Waals surface area contributed by atoms with E-state index in [4.69, 9.17) is 11.6 Å². The molecule has 0 aliphatic heterocycles. The first-order valence-electron chi connectivity index (χ1n) is 7.56. The number of alkyl halides is 3. The number of nitrogens with zero attached hydrogens (tertiary/aromatic N) is 2. The van der Waals surface area contributed by atoms with Gasteiger partial charge in [0.15, 0.2) is 5.82 Å². The van der Waals surface area contributed by atoms with E-state index in [1.807, 2.05) is 6.07 Å². The molecule has 0 saturated heterocycles. The van der Waals surface area contributed by atoms with E-state index < -0.39 is 16.8 Å². The van der Waals surface area contributed by atoms with Crippen molar-refractivity contribution in [3.05, 3.63) is 64.6 Å². The Balaban J connectivity index is 1.85. The molecule has 0 amide bonds. The molecule has 3 rings (SSSR count). The quantitative estimate of drug-likeness (QED) is 0.323. The third-order valence-corrected chi connectivity index (χ3v) is 4.98. The lowest BCUT2D eigenvalue weighted by molar-refractivity contribution is -0.137. The largest absolute Gasteiger partial charge is 0.510 e. The number of nitriles is 1. The molecule has 4 nitrogen and oxygen atoms in total. The van der Waals surface area contributed by atoms with Crippen molar-refractivity contribution >= 4 is 40.0 Å². The minimum atomic E-state index is -4.57. The van der Waals surface area contributed by atoms with E-state index in [1.165, 1.54) is 6.07 Å². The van der Waals surface area contributed by atoms with Gasteiger partial charge in [-0.1, -0.05) is 23.7 Å². The van der Waals surface area contributed by atoms with Crippen LogP contribution in [0.4, 0.5) is 13.2 Å². The van der Waals surface area contributed by atoms with Crippen molar-refractivity contribution in [1.29, 1.82) is 5.26 Å². The maximum Gasteiger partial charge on any atom is 0.417 e. The van der Waals surface area contributed by atoms with Crippen molar-refractivity contribution in [1.82, 2.24) is 9.97 Å². The van der Waals surface area contributed by atoms with Gasteiger partial charge in [0.1, 0.15) is 17.4 Å². The van der Waals surface area contributed by atoms with Gasteiger partial charge in [0.25, 0.3) is 0 Å². The van der Waals surface area contributed by atoms with Crippen LogP contribution >= 0.6 is 23.4 Å². The Kier molecular flexibility index (Phi) is 5.35. The number of benzene rings is 2. The second-order valence-electron chi connectivity index (χ2n) is 5.46. The number of hydrogen-bond donors (Lipinski definition) is 2. The highest BCUT2D eigenvalue weighted by molar-refractivity contribution is 7.99. The molecule has 0 atom stereocenters. The van der Waals surface area contributed by atoms with Gasteiger partial charge in [-0.3, -0.25) is 0 Å². The summed E-state index contributed by atoms with van der Waals surface area (Å²) in [4.78, 5) is 7.45. The van der Waals surface area contributed by atoms with E-state index in [0.29, 0.717) is 11.0 Å². The molecule has 0 fully saturated rings. The summed E-state index contributed by atoms with van der Waals surface area (Å²) >= 11 is 6.55. The highest BCUT2D eigenvalue weighted by atomic mass is 35.5. The molecule has 0 spiro atoms. The lowest BCUT2D eigenvalue weighted by Crippen LogP contribution is -2.05. The van der Waals surface area contributed by atoms with Crippen LogP contribution in [0, 0.1) is 11.3 Å². The fourth-order valence-corrected chi connectivity index (χ4v) is 3.40. The van der Waals surface area contributed by atoms with Gasteiger partial charge < -0.3 is 10.1 Å². The summed E-state index contributed by atoms with van der Waals surface area (Å²) in [5, 5.41) is 19.2. The maximum atomic E-state index is 12.9. The van der Waals surface area contributed by atoms with Crippen molar-refractivity contribution < 1.29 is 18.3 Å². The topological polar surface area (TPSA) is 72.7 Å². The highest BCUT2D eigenvalue weighted by Crippen LogP contribution is 2.37. The minimum absolute atomic E-state index is 0.0660. The standard InChI is InChI=1S/C18H11ClF3N3OS/c19-13-6-5-10(7-12(13)18(20,21)22)27-9-16(26)11(8-23)17-24-14-3-1-2-4-15(14)25-17/h1-7,26H,9H2,(H,24,25)/b16-11-. The number of fused-ring (bicyclic) bond motifs is 1. The number of hydrogen-bond acceptors (Lipinski definition) is 4. The molecule has 1 heterocycles. The number of aliphatic hydroxyl groups excluding tert-OH is 1. The van der Waals surface area contributed by atoms with Crippen LogP contribution in [0.5, 0.6) is 0 Å². The molecule has 1 aromatic heterocycles. The molecule has 0 saturated carbocycles. The molecule has 0 unspecified atom stereocenters. The first kappa shape index (κ1) is 19.1. The van der Waals surface area contributed by atoms with Crippen LogP contribution in [0.25, 0.3) is 16.6 Å². The van der Waals surface area contributed by atoms with Crippen LogP contribution in [-0.2, 0) is 6.18 Å². The van der Waals surface area contributed by atoms with Crippen LogP contribution in [0.3, 0.4) is 0 Å². The van der Waals surface area contributed by atoms with Crippen LogP contribution in [0.15, 0.2) is 53.1 Å². The molecule has 9 heteroatoms. The summed E-state index contributed by atoms with van der Waals surface area (Å²) in [6, 6.07) is 12.5. The molecular weight excluding hydrogens is 399 g/mol. The Morgan fingerprint density at radius 2 is 2.00 bits per heavy atom. The number of H-pyrrole nitrogens is 1. The zero-order chi connectivity index (χ0) is 19.6. The lowest BCUT2D eigenvalue weighted by atomic mass is 10.2. The molecule has 27 heavy (non-hydrogen) atoms. The van der Waals surface area contributed by atoms with Gasteiger partial charge in [-0.25, -0.2) is 4.98 Å². The Labute approximate surface area is 161 Å². The first-order valence-corrected chi connectivity index (χ1v) is 8.93. The smallest absolute Gasteiger partial charge is 0.417 e. The number of aromatic nitrogens is 2. The number of aliphatic hydroxyl groups is 1. The number of thioether (sulfide) groups is 1. The molecule has 0 bridgehead atoms. The zero-order valence-corrected chi connectivity index (χ0v) is 15.1. The number of para-hydroxylation sites is 2. The lowest BCUT2D eigenvalue weighted by Gasteiger charge is -2.10. The van der Waals surface area contributed by atoms with E-state index in [1.54, 1.807) is 24.3 Å². The Morgan fingerprint density at radius 3 is 2.67 bits per heavy atom. The third kappa shape index (κ3) is 4.21. The fraction of sp³-hybridized carbons (Fsp3) is 0.111. The van der Waals surface area contributed by atoms with Gasteiger partial charge in [0.2, 0.25) is 0 Å². The van der Waals surface area contributed by atoms with E-state index >= 15 is 0 Å². The minimum Gasteiger partial charge on any atom is -0.510 e. The number of rotatable bonds is 4. The van der Waals surface area contributed by atoms with E-state index in [0.717, 1.165) is 23.9 Å². The van der Waals surface area contributed by atoms with Gasteiger partial charge in [0.05, 0.1) is 27.4 Å². The van der Waals surface area contributed by atoms with Gasteiger partial charge in [-0.2, -0.15) is 18.4 Å². The first-order chi connectivity index (χ1) is 12.8. The van der Waals surface area contributed by atoms with Crippen molar-refractivity contribution in [2.24, 2.45) is 0 Å². The van der Waals surface area contributed by atoms with Gasteiger partial charge in [0, 0.05) is 4.90 Å². The molecule has 2 N–H and O–H groups in total. The van der Waals surface area contributed by atoms with Gasteiger partial charge >= 0.3 is 6.18 Å². The van der Waals surface area contributed by atoms with Crippen molar-refractivity contribution in [3.8, 4) is 6.07 Å². The van der Waals surface area contributed by atoms with E-state index in [-0.39, 0.29) is 27.8 Å². The highest BCUT2D eigenvalue weighted by Gasteiger charge is 2.33. The molecule has 0 radical (unpaired) electrons. The Bertz CT molecular complexity index is 1040. The van der Waals surface area contributed by atoms with Crippen LogP contribution in [-0.4, -0.2) is 20.8 Å². The fourth-order valence-electron chi connectivity index (χ4n) is 2.36. The third-order valence-electron chi connectivity index (χ3n) is 3.65. The second-order valence-corrected chi connectivity index (χ2v) is 6.92. The van der Waals surface area contributed by atoms with Crippen molar-refractivity contribution in [2.45, 2.75) is 11.1 Å². The number of nitrogens with one attached hydrogen (secondary N) is 1. The van der Waals surface area contributed by atoms with Gasteiger partial charge in [-0.15, -0.1) is 11.8 Å². The number of allylic oxidation sites excluding steroid dienone is 1. The molecule has 0 aliphatic rings. The Morgan fingerprint density at radius 1 is 1.26 bits per heavy atom. The number of aromatic amines is 1. The second kappa shape index (κ2) is 7.55. The summed E-state index contributed by atoms with van der Waals surface area (Å²) in [6.45, 7) is 0. The zero-order valence-electron chi connectivity index (χ0n) is 13.5. The maximum absolute atomic E-state index is 12.9. The summed E-state index contributed by atoms with van der Waals surface area (Å²) < 4.78 is 38.8. The van der Waals surface area contributed by atoms with Crippen molar-refractivity contribution in [2.75, 3.05) is 5.75 Å². The number of halogens is 4. The molecule has 0 aliphatic carbocycles. The Hall–Kier alpha value is -2.63. The van der Waals surface area contributed by atoms with E-state index in [9.17, 15) is 23.5 Å². The predicted molar refractivity (Wildman–Crippen MR) is 98.4 cm³/mol. The molecule has 2 aromatic carbocycles. The van der Waals surface area contributed by atoms with Gasteiger partial charge in [-0.05, 0) is 30.3 Å². The normalized spacial score (nSPS) is 12.7. The summed E-state index contributed by atoms with van der Waals surface area (Å²) in [5.41, 5.74) is 0.320. The average Bonchev–Trinajstić information content (AvgIpc) is 3.04. The van der Waals surface area contributed by atoms with Crippen LogP contribution in [0.1, 0.15) is 11.4 Å². The number of imidazole rings is 1. The van der Waals surface area contributed by atoms with Crippen LogP contribution < -0.4 is 0 Å². The van der Waals surface area contributed by atoms with E-state index in [2.05, 4.69) is 9.97 Å². The average molecular weight is 410 g/mol. The predicted octanol–water partition coefficient (Wildman–Crippen LogP) is 5.82. The van der Waals surface area contributed by atoms with Crippen LogP contribution in [0.2, 0.25) is 5.02 Å². The molecule has 3 aromatic rings. The summed E-state index contributed by atoms with van der Waals surface area (Å²) in [5.74, 6) is -0.187. The molecule has 138 valence electrons. The van der Waals surface area contributed by atoms with Crippen molar-refractivity contribution in [3.63, 3.8) is 0 Å². The molecular formula is C18H11ClF3N3OS.